The maximum absolute atomic E-state index is 12.5. The van der Waals surface area contributed by atoms with Crippen LogP contribution in [0.5, 0.6) is 0 Å². The minimum absolute atomic E-state index is 0.0190. The minimum atomic E-state index is -0.394. The lowest BCUT2D eigenvalue weighted by atomic mass is 9.89. The molecule has 1 aliphatic carbocycles. The van der Waals surface area contributed by atoms with Crippen molar-refractivity contribution >= 4 is 23.4 Å². The van der Waals surface area contributed by atoms with Gasteiger partial charge in [-0.25, -0.2) is 0 Å². The highest BCUT2D eigenvalue weighted by Gasteiger charge is 2.26. The largest absolute Gasteiger partial charge is 0.312 e. The van der Waals surface area contributed by atoms with E-state index in [1.807, 2.05) is 0 Å². The number of benzene rings is 1. The molecule has 0 unspecified atom stereocenters. The summed E-state index contributed by atoms with van der Waals surface area (Å²) in [5, 5.41) is 0. The van der Waals surface area contributed by atoms with Crippen molar-refractivity contribution in [2.24, 2.45) is 5.92 Å². The second-order valence-corrected chi connectivity index (χ2v) is 6.44. The number of carbonyl (C=O) groups excluding carboxylic acids is 3. The van der Waals surface area contributed by atoms with Crippen LogP contribution >= 0.6 is 0 Å². The Morgan fingerprint density at radius 3 is 2.46 bits per heavy atom. The minimum Gasteiger partial charge on any atom is -0.312 e. The summed E-state index contributed by atoms with van der Waals surface area (Å²) < 4.78 is 0. The van der Waals surface area contributed by atoms with E-state index < -0.39 is 5.91 Å². The quantitative estimate of drug-likeness (QED) is 0.834. The first-order chi connectivity index (χ1) is 11.7. The van der Waals surface area contributed by atoms with Gasteiger partial charge in [-0.1, -0.05) is 31.4 Å². The van der Waals surface area contributed by atoms with E-state index >= 15 is 0 Å². The topological polar surface area (TPSA) is 78.5 Å². The van der Waals surface area contributed by atoms with Crippen LogP contribution in [0.1, 0.15) is 55.3 Å². The molecule has 3 rings (SSSR count). The smallest absolute Gasteiger partial charge is 0.271 e. The lowest BCUT2D eigenvalue weighted by Gasteiger charge is -2.22. The molecule has 6 nitrogen and oxygen atoms in total. The van der Waals surface area contributed by atoms with Crippen LogP contribution in [0.25, 0.3) is 0 Å². The molecular formula is C18H23N3O3. The van der Waals surface area contributed by atoms with Gasteiger partial charge in [-0.2, -0.15) is 0 Å². The number of amides is 3. The molecule has 3 amide bonds. The van der Waals surface area contributed by atoms with Gasteiger partial charge < -0.3 is 4.90 Å². The standard InChI is InChI=1S/C18H23N3O3/c22-16-11-6-12-21(16)15-10-5-4-9-14(15)18(24)20-19-17(23)13-7-2-1-3-8-13/h4-5,9-10,13H,1-3,6-8,11-12H2,(H,19,23)(H,20,24). The summed E-state index contributed by atoms with van der Waals surface area (Å²) in [5.41, 5.74) is 6.04. The molecule has 1 aromatic rings. The maximum Gasteiger partial charge on any atom is 0.271 e. The molecule has 1 saturated carbocycles. The second kappa shape index (κ2) is 7.47. The number of hydrogen-bond acceptors (Lipinski definition) is 3. The molecule has 1 aliphatic heterocycles. The number of rotatable bonds is 3. The van der Waals surface area contributed by atoms with E-state index in [1.165, 1.54) is 6.42 Å². The number of carbonyl (C=O) groups is 3. The van der Waals surface area contributed by atoms with Crippen molar-refractivity contribution in [2.75, 3.05) is 11.4 Å². The van der Waals surface area contributed by atoms with Crippen LogP contribution in [-0.4, -0.2) is 24.3 Å². The molecule has 0 atom stereocenters. The number of hydrogen-bond donors (Lipinski definition) is 2. The van der Waals surface area contributed by atoms with E-state index in [0.29, 0.717) is 24.2 Å². The molecule has 0 bridgehead atoms. The normalized spacial score (nSPS) is 18.5. The number of para-hydroxylation sites is 1. The predicted octanol–water partition coefficient (Wildman–Crippen LogP) is 2.15. The molecule has 1 saturated heterocycles. The van der Waals surface area contributed by atoms with Crippen LogP contribution in [0.4, 0.5) is 5.69 Å². The summed E-state index contributed by atoms with van der Waals surface area (Å²) in [5.74, 6) is -0.511. The van der Waals surface area contributed by atoms with Gasteiger partial charge in [-0.3, -0.25) is 25.2 Å². The van der Waals surface area contributed by atoms with E-state index in [9.17, 15) is 14.4 Å². The third-order valence-corrected chi connectivity index (χ3v) is 4.79. The van der Waals surface area contributed by atoms with Crippen LogP contribution in [-0.2, 0) is 9.59 Å². The Bertz CT molecular complexity index is 638. The SMILES string of the molecule is O=C(NNC(=O)C1CCCCC1)c1ccccc1N1CCCC1=O. The highest BCUT2D eigenvalue weighted by Crippen LogP contribution is 2.25. The summed E-state index contributed by atoms with van der Waals surface area (Å²) in [6.07, 6.45) is 6.36. The Balaban J connectivity index is 1.64. The summed E-state index contributed by atoms with van der Waals surface area (Å²) in [6.45, 7) is 0.623. The Morgan fingerprint density at radius 1 is 1.00 bits per heavy atom. The fourth-order valence-electron chi connectivity index (χ4n) is 3.46. The van der Waals surface area contributed by atoms with Gasteiger partial charge >= 0.3 is 0 Å². The monoisotopic (exact) mass is 329 g/mol. The van der Waals surface area contributed by atoms with Gasteiger partial charge in [-0.05, 0) is 31.4 Å². The Labute approximate surface area is 141 Å². The lowest BCUT2D eigenvalue weighted by molar-refractivity contribution is -0.126. The van der Waals surface area contributed by atoms with Crippen molar-refractivity contribution in [1.82, 2.24) is 10.9 Å². The van der Waals surface area contributed by atoms with E-state index in [-0.39, 0.29) is 17.7 Å². The molecule has 6 heteroatoms. The number of hydrazine groups is 1. The summed E-state index contributed by atoms with van der Waals surface area (Å²) in [6, 6.07) is 6.99. The molecule has 1 aromatic carbocycles. The Morgan fingerprint density at radius 2 is 1.75 bits per heavy atom. The van der Waals surface area contributed by atoms with Crippen LogP contribution in [0.15, 0.2) is 24.3 Å². The van der Waals surface area contributed by atoms with Crippen molar-refractivity contribution in [2.45, 2.75) is 44.9 Å². The molecule has 24 heavy (non-hydrogen) atoms. The molecule has 2 fully saturated rings. The molecule has 2 N–H and O–H groups in total. The summed E-state index contributed by atoms with van der Waals surface area (Å²) in [4.78, 5) is 38.2. The number of anilines is 1. The van der Waals surface area contributed by atoms with E-state index in [0.717, 1.165) is 32.1 Å². The molecule has 1 heterocycles. The third-order valence-electron chi connectivity index (χ3n) is 4.79. The average molecular weight is 329 g/mol. The average Bonchev–Trinajstić information content (AvgIpc) is 3.06. The van der Waals surface area contributed by atoms with Crippen molar-refractivity contribution in [3.63, 3.8) is 0 Å². The van der Waals surface area contributed by atoms with Gasteiger partial charge in [0.1, 0.15) is 0 Å². The van der Waals surface area contributed by atoms with Gasteiger partial charge in [0.25, 0.3) is 5.91 Å². The van der Waals surface area contributed by atoms with Crippen molar-refractivity contribution < 1.29 is 14.4 Å². The van der Waals surface area contributed by atoms with Crippen LogP contribution in [0, 0.1) is 5.92 Å². The van der Waals surface area contributed by atoms with Crippen LogP contribution in [0.3, 0.4) is 0 Å². The Kier molecular flexibility index (Phi) is 5.13. The maximum atomic E-state index is 12.5. The van der Waals surface area contributed by atoms with Gasteiger partial charge in [0, 0.05) is 18.9 Å². The molecule has 0 aromatic heterocycles. The molecule has 0 spiro atoms. The zero-order valence-electron chi connectivity index (χ0n) is 13.7. The van der Waals surface area contributed by atoms with E-state index in [4.69, 9.17) is 0 Å². The van der Waals surface area contributed by atoms with E-state index in [1.54, 1.807) is 29.2 Å². The fraction of sp³-hybridized carbons (Fsp3) is 0.500. The summed E-state index contributed by atoms with van der Waals surface area (Å²) in [7, 11) is 0. The third kappa shape index (κ3) is 3.58. The molecule has 2 aliphatic rings. The predicted molar refractivity (Wildman–Crippen MR) is 90.2 cm³/mol. The van der Waals surface area contributed by atoms with Gasteiger partial charge in [0.15, 0.2) is 0 Å². The Hall–Kier alpha value is -2.37. The van der Waals surface area contributed by atoms with Crippen molar-refractivity contribution in [3.05, 3.63) is 29.8 Å². The number of nitrogens with zero attached hydrogens (tertiary/aromatic N) is 1. The van der Waals surface area contributed by atoms with Crippen molar-refractivity contribution in [1.29, 1.82) is 0 Å². The first-order valence-electron chi connectivity index (χ1n) is 8.66. The van der Waals surface area contributed by atoms with Gasteiger partial charge in [0.05, 0.1) is 11.3 Å². The molecule has 128 valence electrons. The zero-order valence-corrected chi connectivity index (χ0v) is 13.7. The highest BCUT2D eigenvalue weighted by molar-refractivity contribution is 6.05. The van der Waals surface area contributed by atoms with Gasteiger partial charge in [0.2, 0.25) is 11.8 Å². The summed E-state index contributed by atoms with van der Waals surface area (Å²) >= 11 is 0. The second-order valence-electron chi connectivity index (χ2n) is 6.44. The van der Waals surface area contributed by atoms with E-state index in [2.05, 4.69) is 10.9 Å². The molecular weight excluding hydrogens is 306 g/mol. The van der Waals surface area contributed by atoms with Gasteiger partial charge in [-0.15, -0.1) is 0 Å². The fourth-order valence-corrected chi connectivity index (χ4v) is 3.46. The first kappa shape index (κ1) is 16.5. The van der Waals surface area contributed by atoms with Crippen LogP contribution in [0.2, 0.25) is 0 Å². The zero-order chi connectivity index (χ0) is 16.9. The molecule has 0 radical (unpaired) electrons. The first-order valence-corrected chi connectivity index (χ1v) is 8.66. The highest BCUT2D eigenvalue weighted by atomic mass is 16.2. The lowest BCUT2D eigenvalue weighted by Crippen LogP contribution is -2.45. The van der Waals surface area contributed by atoms with Crippen LogP contribution < -0.4 is 15.8 Å². The number of nitrogens with one attached hydrogen (secondary N) is 2. The van der Waals surface area contributed by atoms with Crippen molar-refractivity contribution in [3.8, 4) is 0 Å².